The number of carbonyl (C=O) groups is 1. The summed E-state index contributed by atoms with van der Waals surface area (Å²) in [5.74, 6) is -0.128. The smallest absolute Gasteiger partial charge is 0.257 e. The number of hydrogen-bond acceptors (Lipinski definition) is 4. The highest BCUT2D eigenvalue weighted by atomic mass is 32.1. The van der Waals surface area contributed by atoms with Gasteiger partial charge in [-0.05, 0) is 49.8 Å². The summed E-state index contributed by atoms with van der Waals surface area (Å²) in [5, 5.41) is 22.3. The minimum atomic E-state index is -0.542. The lowest BCUT2D eigenvalue weighted by Gasteiger charge is -2.26. The highest BCUT2D eigenvalue weighted by molar-refractivity contribution is 7.10. The highest BCUT2D eigenvalue weighted by Gasteiger charge is 2.32. The van der Waals surface area contributed by atoms with Gasteiger partial charge < -0.3 is 15.1 Å². The third kappa shape index (κ3) is 3.41. The number of amides is 1. The van der Waals surface area contributed by atoms with Gasteiger partial charge in [0.1, 0.15) is 5.75 Å². The molecule has 122 valence electrons. The predicted octanol–water partition coefficient (Wildman–Crippen LogP) is 3.49. The lowest BCUT2D eigenvalue weighted by molar-refractivity contribution is 0.0667. The van der Waals surface area contributed by atoms with Crippen molar-refractivity contribution in [2.24, 2.45) is 0 Å². The van der Waals surface area contributed by atoms with Crippen molar-refractivity contribution in [2.75, 3.05) is 6.54 Å². The van der Waals surface area contributed by atoms with Gasteiger partial charge in [-0.25, -0.2) is 0 Å². The fraction of sp³-hybridized carbons (Fsp3) is 0.389. The van der Waals surface area contributed by atoms with E-state index in [1.54, 1.807) is 23.1 Å². The minimum Gasteiger partial charge on any atom is -0.507 e. The van der Waals surface area contributed by atoms with Crippen molar-refractivity contribution in [3.8, 4) is 5.75 Å². The summed E-state index contributed by atoms with van der Waals surface area (Å²) >= 11 is 1.53. The molecule has 1 saturated heterocycles. The second kappa shape index (κ2) is 6.72. The lowest BCUT2D eigenvalue weighted by Crippen LogP contribution is -2.36. The van der Waals surface area contributed by atoms with E-state index in [1.807, 2.05) is 24.4 Å². The van der Waals surface area contributed by atoms with E-state index in [2.05, 4.69) is 0 Å². The average Bonchev–Trinajstić information content (AvgIpc) is 3.20. The molecule has 1 aliphatic rings. The Kier molecular flexibility index (Phi) is 4.68. The van der Waals surface area contributed by atoms with Crippen LogP contribution in [0.2, 0.25) is 0 Å². The topological polar surface area (TPSA) is 60.8 Å². The van der Waals surface area contributed by atoms with E-state index in [4.69, 9.17) is 0 Å². The van der Waals surface area contributed by atoms with E-state index < -0.39 is 6.10 Å². The monoisotopic (exact) mass is 331 g/mol. The van der Waals surface area contributed by atoms with Crippen molar-refractivity contribution in [3.63, 3.8) is 0 Å². The first kappa shape index (κ1) is 16.0. The van der Waals surface area contributed by atoms with Crippen LogP contribution in [-0.4, -0.2) is 33.6 Å². The number of aromatic hydroxyl groups is 1. The molecule has 1 aliphatic heterocycles. The molecule has 5 heteroatoms. The molecule has 0 radical (unpaired) electrons. The first-order valence-corrected chi connectivity index (χ1v) is 8.76. The molecule has 1 amide bonds. The van der Waals surface area contributed by atoms with Crippen molar-refractivity contribution < 1.29 is 15.0 Å². The Morgan fingerprint density at radius 1 is 1.43 bits per heavy atom. The van der Waals surface area contributed by atoms with E-state index in [0.29, 0.717) is 18.5 Å². The molecule has 0 saturated carbocycles. The van der Waals surface area contributed by atoms with Crippen LogP contribution < -0.4 is 0 Å². The van der Waals surface area contributed by atoms with E-state index in [1.165, 1.54) is 11.3 Å². The van der Waals surface area contributed by atoms with Crippen LogP contribution in [0.5, 0.6) is 5.75 Å². The van der Waals surface area contributed by atoms with Crippen molar-refractivity contribution in [1.82, 2.24) is 4.90 Å². The molecule has 3 rings (SSSR count). The average molecular weight is 331 g/mol. The zero-order valence-corrected chi connectivity index (χ0v) is 13.9. The Morgan fingerprint density at radius 2 is 2.26 bits per heavy atom. The van der Waals surface area contributed by atoms with Crippen molar-refractivity contribution >= 4 is 17.2 Å². The number of rotatable bonds is 4. The summed E-state index contributed by atoms with van der Waals surface area (Å²) in [6.07, 6.45) is 1.82. The number of likely N-dealkylation sites (tertiary alicyclic amines) is 1. The van der Waals surface area contributed by atoms with Crippen LogP contribution in [0.25, 0.3) is 0 Å². The molecule has 1 fully saturated rings. The molecule has 23 heavy (non-hydrogen) atoms. The standard InChI is InChI=1S/C18H21NO3S/c1-12-6-7-15(20)14(10-12)18(22)19-8-2-4-13(19)11-16(21)17-5-3-9-23-17/h3,5-7,9-10,13,16,20-21H,2,4,8,11H2,1H3. The van der Waals surface area contributed by atoms with E-state index in [0.717, 1.165) is 23.3 Å². The third-order valence-electron chi connectivity index (χ3n) is 4.39. The number of aliphatic hydroxyl groups excluding tert-OH is 1. The van der Waals surface area contributed by atoms with Crippen LogP contribution >= 0.6 is 11.3 Å². The maximum atomic E-state index is 12.8. The lowest BCUT2D eigenvalue weighted by atomic mass is 10.0. The molecule has 2 atom stereocenters. The van der Waals surface area contributed by atoms with Gasteiger partial charge in [0.15, 0.2) is 0 Å². The van der Waals surface area contributed by atoms with E-state index >= 15 is 0 Å². The van der Waals surface area contributed by atoms with Gasteiger partial charge in [-0.1, -0.05) is 17.7 Å². The van der Waals surface area contributed by atoms with Crippen LogP contribution in [0.1, 0.15) is 46.2 Å². The number of benzene rings is 1. The number of thiophene rings is 1. The number of hydrogen-bond donors (Lipinski definition) is 2. The summed E-state index contributed by atoms with van der Waals surface area (Å²) in [7, 11) is 0. The number of phenols is 1. The third-order valence-corrected chi connectivity index (χ3v) is 5.36. The van der Waals surface area contributed by atoms with Crippen molar-refractivity contribution in [1.29, 1.82) is 0 Å². The summed E-state index contributed by atoms with van der Waals surface area (Å²) < 4.78 is 0. The van der Waals surface area contributed by atoms with Crippen LogP contribution in [0.3, 0.4) is 0 Å². The van der Waals surface area contributed by atoms with Gasteiger partial charge in [-0.15, -0.1) is 11.3 Å². The maximum absolute atomic E-state index is 12.8. The Hall–Kier alpha value is -1.85. The molecular formula is C18H21NO3S. The van der Waals surface area contributed by atoms with Crippen molar-refractivity contribution in [2.45, 2.75) is 38.3 Å². The molecule has 1 aromatic carbocycles. The zero-order chi connectivity index (χ0) is 16.4. The molecule has 0 aliphatic carbocycles. The molecule has 4 nitrogen and oxygen atoms in total. The van der Waals surface area contributed by atoms with Gasteiger partial charge in [0, 0.05) is 17.5 Å². The molecule has 2 unspecified atom stereocenters. The predicted molar refractivity (Wildman–Crippen MR) is 90.8 cm³/mol. The van der Waals surface area contributed by atoms with Crippen LogP contribution in [0.4, 0.5) is 0 Å². The highest BCUT2D eigenvalue weighted by Crippen LogP contribution is 2.31. The van der Waals surface area contributed by atoms with Gasteiger partial charge in [0.25, 0.3) is 5.91 Å². The Labute approximate surface area is 140 Å². The SMILES string of the molecule is Cc1ccc(O)c(C(=O)N2CCCC2CC(O)c2cccs2)c1. The molecule has 0 bridgehead atoms. The number of carbonyl (C=O) groups excluding carboxylic acids is 1. The molecule has 2 N–H and O–H groups in total. The quantitative estimate of drug-likeness (QED) is 0.901. The number of aliphatic hydroxyl groups is 1. The fourth-order valence-corrected chi connectivity index (χ4v) is 3.90. The van der Waals surface area contributed by atoms with Crippen LogP contribution in [-0.2, 0) is 0 Å². The van der Waals surface area contributed by atoms with Crippen molar-refractivity contribution in [3.05, 3.63) is 51.7 Å². The molecular weight excluding hydrogens is 310 g/mol. The molecule has 2 heterocycles. The minimum absolute atomic E-state index is 0.0134. The van der Waals surface area contributed by atoms with Gasteiger partial charge in [-0.3, -0.25) is 4.79 Å². The van der Waals surface area contributed by atoms with Crippen LogP contribution in [0.15, 0.2) is 35.7 Å². The second-order valence-corrected chi connectivity index (χ2v) is 7.06. The van der Waals surface area contributed by atoms with E-state index in [9.17, 15) is 15.0 Å². The molecule has 2 aromatic rings. The zero-order valence-electron chi connectivity index (χ0n) is 13.1. The van der Waals surface area contributed by atoms with Crippen LogP contribution in [0, 0.1) is 6.92 Å². The molecule has 1 aromatic heterocycles. The number of nitrogens with zero attached hydrogens (tertiary/aromatic N) is 1. The summed E-state index contributed by atoms with van der Waals surface area (Å²) in [6.45, 7) is 2.58. The Balaban J connectivity index is 1.76. The summed E-state index contributed by atoms with van der Waals surface area (Å²) in [4.78, 5) is 15.5. The largest absolute Gasteiger partial charge is 0.507 e. The fourth-order valence-electron chi connectivity index (χ4n) is 3.18. The van der Waals surface area contributed by atoms with Gasteiger partial charge in [0.2, 0.25) is 0 Å². The second-order valence-electron chi connectivity index (χ2n) is 6.08. The summed E-state index contributed by atoms with van der Waals surface area (Å²) in [5.41, 5.74) is 1.29. The first-order valence-electron chi connectivity index (χ1n) is 7.88. The van der Waals surface area contributed by atoms with Gasteiger partial charge in [0.05, 0.1) is 11.7 Å². The van der Waals surface area contributed by atoms with Gasteiger partial charge >= 0.3 is 0 Å². The maximum Gasteiger partial charge on any atom is 0.257 e. The first-order chi connectivity index (χ1) is 11.1. The Morgan fingerprint density at radius 3 is 3.00 bits per heavy atom. The number of phenolic OH excluding ortho intramolecular Hbond substituents is 1. The molecule has 0 spiro atoms. The summed E-state index contributed by atoms with van der Waals surface area (Å²) in [6, 6.07) is 8.93. The van der Waals surface area contributed by atoms with Gasteiger partial charge in [-0.2, -0.15) is 0 Å². The Bertz CT molecular complexity index is 684. The normalized spacial score (nSPS) is 19.0. The number of aryl methyl sites for hydroxylation is 1. The van der Waals surface area contributed by atoms with E-state index in [-0.39, 0.29) is 17.7 Å².